The van der Waals surface area contributed by atoms with Gasteiger partial charge in [-0.25, -0.2) is 4.98 Å². The number of hydrogen-bond acceptors (Lipinski definition) is 6. The van der Waals surface area contributed by atoms with E-state index in [-0.39, 0.29) is 11.8 Å². The Hall–Kier alpha value is -1.93. The highest BCUT2D eigenvalue weighted by Gasteiger charge is 2.23. The number of aromatic nitrogens is 1. The van der Waals surface area contributed by atoms with Crippen LogP contribution in [0.3, 0.4) is 0 Å². The molecule has 1 aliphatic rings. The maximum absolute atomic E-state index is 12.4. The summed E-state index contributed by atoms with van der Waals surface area (Å²) in [5.41, 5.74) is 6.76. The number of aryl methyl sites for hydroxylation is 1. The molecule has 3 rings (SSSR count). The number of rotatable bonds is 4. The number of carbonyl (C=O) groups excluding carboxylic acids is 2. The molecule has 2 aromatic heterocycles. The van der Waals surface area contributed by atoms with Gasteiger partial charge in [0, 0.05) is 44.4 Å². The van der Waals surface area contributed by atoms with Crippen molar-refractivity contribution in [1.29, 1.82) is 0 Å². The third-order valence-electron chi connectivity index (χ3n) is 4.11. The van der Waals surface area contributed by atoms with E-state index in [0.717, 1.165) is 15.4 Å². The summed E-state index contributed by atoms with van der Waals surface area (Å²) in [5, 5.41) is 2.55. The van der Waals surface area contributed by atoms with E-state index in [1.165, 1.54) is 11.3 Å². The molecule has 0 spiro atoms. The number of anilines is 1. The normalized spacial score (nSPS) is 14.9. The second-order valence-electron chi connectivity index (χ2n) is 5.69. The van der Waals surface area contributed by atoms with Crippen LogP contribution in [0, 0.1) is 0 Å². The van der Waals surface area contributed by atoms with E-state index in [0.29, 0.717) is 44.2 Å². The van der Waals surface area contributed by atoms with E-state index in [9.17, 15) is 9.59 Å². The monoisotopic (exact) mass is 364 g/mol. The molecule has 0 bridgehead atoms. The molecular formula is C16H20N4O2S2. The second kappa shape index (κ2) is 7.31. The molecule has 0 radical (unpaired) electrons. The molecule has 1 aliphatic heterocycles. The number of thiophene rings is 1. The van der Waals surface area contributed by atoms with E-state index in [1.807, 2.05) is 22.4 Å². The lowest BCUT2D eigenvalue weighted by atomic mass is 10.2. The molecule has 0 aromatic carbocycles. The fourth-order valence-electron chi connectivity index (χ4n) is 2.79. The minimum Gasteiger partial charge on any atom is -0.375 e. The van der Waals surface area contributed by atoms with Crippen LogP contribution in [0.1, 0.15) is 18.2 Å². The lowest BCUT2D eigenvalue weighted by Gasteiger charge is -2.34. The molecule has 2 N–H and O–H groups in total. The van der Waals surface area contributed by atoms with Gasteiger partial charge in [-0.15, -0.1) is 22.7 Å². The molecule has 1 fully saturated rings. The highest BCUT2D eigenvalue weighted by Crippen LogP contribution is 2.33. The zero-order valence-corrected chi connectivity index (χ0v) is 15.2. The molecule has 128 valence electrons. The Kier molecular flexibility index (Phi) is 5.15. The Labute approximate surface area is 148 Å². The summed E-state index contributed by atoms with van der Waals surface area (Å²) < 4.78 is 0. The van der Waals surface area contributed by atoms with Gasteiger partial charge in [0.1, 0.15) is 0 Å². The number of carbonyl (C=O) groups is 2. The highest BCUT2D eigenvalue weighted by molar-refractivity contribution is 7.17. The average Bonchev–Trinajstić information content (AvgIpc) is 3.21. The van der Waals surface area contributed by atoms with Crippen LogP contribution in [0.4, 0.5) is 5.13 Å². The maximum Gasteiger partial charge on any atom is 0.223 e. The molecule has 24 heavy (non-hydrogen) atoms. The summed E-state index contributed by atoms with van der Waals surface area (Å²) in [6.07, 6.45) is 1.09. The summed E-state index contributed by atoms with van der Waals surface area (Å²) in [6.45, 7) is 4.03. The van der Waals surface area contributed by atoms with Crippen molar-refractivity contribution in [2.45, 2.75) is 19.8 Å². The quantitative estimate of drug-likeness (QED) is 0.901. The molecule has 0 atom stereocenters. The Morgan fingerprint density at radius 2 is 1.96 bits per heavy atom. The molecule has 0 unspecified atom stereocenters. The predicted molar refractivity (Wildman–Crippen MR) is 97.0 cm³/mol. The van der Waals surface area contributed by atoms with Crippen molar-refractivity contribution >= 4 is 39.6 Å². The molecule has 0 saturated carbocycles. The lowest BCUT2D eigenvalue weighted by Crippen LogP contribution is -2.50. The molecule has 0 aliphatic carbocycles. The fourth-order valence-corrected chi connectivity index (χ4v) is 4.45. The van der Waals surface area contributed by atoms with Crippen molar-refractivity contribution in [2.24, 2.45) is 0 Å². The molecule has 6 nitrogen and oxygen atoms in total. The van der Waals surface area contributed by atoms with Gasteiger partial charge in [-0.2, -0.15) is 0 Å². The summed E-state index contributed by atoms with van der Waals surface area (Å²) >= 11 is 3.08. The number of amides is 2. The molecule has 2 amide bonds. The van der Waals surface area contributed by atoms with Crippen molar-refractivity contribution in [2.75, 3.05) is 31.9 Å². The van der Waals surface area contributed by atoms with Crippen LogP contribution in [0.15, 0.2) is 17.5 Å². The first-order valence-corrected chi connectivity index (χ1v) is 9.56. The number of nitrogens with two attached hydrogens (primary N) is 1. The first-order chi connectivity index (χ1) is 11.5. The predicted octanol–water partition coefficient (Wildman–Crippen LogP) is 2.08. The minimum absolute atomic E-state index is 0.0721. The van der Waals surface area contributed by atoms with Gasteiger partial charge >= 0.3 is 0 Å². The van der Waals surface area contributed by atoms with Crippen LogP contribution >= 0.6 is 22.7 Å². The Morgan fingerprint density at radius 3 is 2.58 bits per heavy atom. The standard InChI is InChI=1S/C16H20N4O2S2/c1-11(21)19-6-8-20(9-7-19)14(22)5-4-13-15(18-16(17)24-13)12-3-2-10-23-12/h2-3,10H,4-9H2,1H3,(H2,17,18). The van der Waals surface area contributed by atoms with E-state index in [4.69, 9.17) is 5.73 Å². The fraction of sp³-hybridized carbons (Fsp3) is 0.438. The van der Waals surface area contributed by atoms with Gasteiger partial charge in [-0.1, -0.05) is 6.07 Å². The third-order valence-corrected chi connectivity index (χ3v) is 5.93. The number of piperazine rings is 1. The number of nitrogen functional groups attached to an aromatic ring is 1. The molecule has 1 saturated heterocycles. The van der Waals surface area contributed by atoms with Crippen molar-refractivity contribution < 1.29 is 9.59 Å². The summed E-state index contributed by atoms with van der Waals surface area (Å²) in [7, 11) is 0. The van der Waals surface area contributed by atoms with Crippen LogP contribution in [0.25, 0.3) is 10.6 Å². The summed E-state index contributed by atoms with van der Waals surface area (Å²) in [5.74, 6) is 0.199. The van der Waals surface area contributed by atoms with E-state index < -0.39 is 0 Å². The van der Waals surface area contributed by atoms with Crippen LogP contribution < -0.4 is 5.73 Å². The Balaban J connectivity index is 1.59. The minimum atomic E-state index is 0.0721. The van der Waals surface area contributed by atoms with Gasteiger partial charge in [-0.05, 0) is 17.9 Å². The average molecular weight is 364 g/mol. The molecule has 2 aromatic rings. The Bertz CT molecular complexity index is 719. The topological polar surface area (TPSA) is 79.5 Å². The first-order valence-electron chi connectivity index (χ1n) is 7.87. The van der Waals surface area contributed by atoms with Gasteiger partial charge < -0.3 is 15.5 Å². The smallest absolute Gasteiger partial charge is 0.223 e. The van der Waals surface area contributed by atoms with E-state index >= 15 is 0 Å². The van der Waals surface area contributed by atoms with Gasteiger partial charge in [0.05, 0.1) is 10.6 Å². The Morgan fingerprint density at radius 1 is 1.25 bits per heavy atom. The summed E-state index contributed by atoms with van der Waals surface area (Å²) in [4.78, 5) is 34.0. The zero-order valence-electron chi connectivity index (χ0n) is 13.5. The van der Waals surface area contributed by atoms with Crippen LogP contribution in [0.2, 0.25) is 0 Å². The third kappa shape index (κ3) is 3.76. The van der Waals surface area contributed by atoms with Crippen molar-refractivity contribution in [3.8, 4) is 10.6 Å². The van der Waals surface area contributed by atoms with Crippen molar-refractivity contribution in [1.82, 2.24) is 14.8 Å². The first kappa shape index (κ1) is 16.9. The van der Waals surface area contributed by atoms with Crippen molar-refractivity contribution in [3.05, 3.63) is 22.4 Å². The number of nitrogens with zero attached hydrogens (tertiary/aromatic N) is 3. The van der Waals surface area contributed by atoms with E-state index in [2.05, 4.69) is 4.98 Å². The van der Waals surface area contributed by atoms with Gasteiger partial charge in [0.25, 0.3) is 0 Å². The zero-order chi connectivity index (χ0) is 17.1. The highest BCUT2D eigenvalue weighted by atomic mass is 32.1. The second-order valence-corrected chi connectivity index (χ2v) is 7.75. The lowest BCUT2D eigenvalue weighted by molar-refractivity contribution is -0.138. The van der Waals surface area contributed by atoms with Crippen molar-refractivity contribution in [3.63, 3.8) is 0 Å². The van der Waals surface area contributed by atoms with Crippen LogP contribution in [-0.2, 0) is 16.0 Å². The largest absolute Gasteiger partial charge is 0.375 e. The molecule has 3 heterocycles. The SMILES string of the molecule is CC(=O)N1CCN(C(=O)CCc2sc(N)nc2-c2cccs2)CC1. The van der Waals surface area contributed by atoms with Crippen LogP contribution in [0.5, 0.6) is 0 Å². The van der Waals surface area contributed by atoms with Gasteiger partial charge in [0.15, 0.2) is 5.13 Å². The molecule has 8 heteroatoms. The maximum atomic E-state index is 12.4. The van der Waals surface area contributed by atoms with Gasteiger partial charge in [-0.3, -0.25) is 9.59 Å². The molecular weight excluding hydrogens is 344 g/mol. The number of hydrogen-bond donors (Lipinski definition) is 1. The van der Waals surface area contributed by atoms with Gasteiger partial charge in [0.2, 0.25) is 11.8 Å². The van der Waals surface area contributed by atoms with Crippen LogP contribution in [-0.4, -0.2) is 52.8 Å². The summed E-state index contributed by atoms with van der Waals surface area (Å²) in [6, 6.07) is 4.00. The van der Waals surface area contributed by atoms with E-state index in [1.54, 1.807) is 23.2 Å². The number of thiazole rings is 1.